The van der Waals surface area contributed by atoms with E-state index in [2.05, 4.69) is 10.3 Å². The lowest BCUT2D eigenvalue weighted by atomic mass is 10.2. The largest absolute Gasteiger partial charge is 0.495 e. The summed E-state index contributed by atoms with van der Waals surface area (Å²) in [6, 6.07) is 15.2. The number of ether oxygens (including phenoxy) is 1. The average molecular weight is 290 g/mol. The van der Waals surface area contributed by atoms with Gasteiger partial charge in [0, 0.05) is 5.02 Å². The highest BCUT2D eigenvalue weighted by Crippen LogP contribution is 2.27. The SMILES string of the molecule is COc1ccc(Cl)cc1NC(N)=NCc1ccccc1. The van der Waals surface area contributed by atoms with Gasteiger partial charge >= 0.3 is 0 Å². The Morgan fingerprint density at radius 1 is 1.25 bits per heavy atom. The van der Waals surface area contributed by atoms with E-state index >= 15 is 0 Å². The summed E-state index contributed by atoms with van der Waals surface area (Å²) >= 11 is 5.95. The number of nitrogens with zero attached hydrogens (tertiary/aromatic N) is 1. The predicted octanol–water partition coefficient (Wildman–Crippen LogP) is 3.28. The molecule has 0 amide bonds. The maximum Gasteiger partial charge on any atom is 0.193 e. The standard InChI is InChI=1S/C15H16ClN3O/c1-20-14-8-7-12(16)9-13(14)19-15(17)18-10-11-5-3-2-4-6-11/h2-9H,10H2,1H3,(H3,17,18,19). The van der Waals surface area contributed by atoms with Crippen molar-refractivity contribution in [1.82, 2.24) is 0 Å². The second-order valence-corrected chi connectivity index (χ2v) is 4.59. The maximum absolute atomic E-state index is 5.95. The van der Waals surface area contributed by atoms with Crippen molar-refractivity contribution in [3.63, 3.8) is 0 Å². The lowest BCUT2D eigenvalue weighted by Gasteiger charge is -2.10. The summed E-state index contributed by atoms with van der Waals surface area (Å²) in [5.41, 5.74) is 7.65. The lowest BCUT2D eigenvalue weighted by molar-refractivity contribution is 0.417. The Morgan fingerprint density at radius 3 is 2.70 bits per heavy atom. The van der Waals surface area contributed by atoms with E-state index < -0.39 is 0 Å². The van der Waals surface area contributed by atoms with Gasteiger partial charge in [-0.3, -0.25) is 0 Å². The van der Waals surface area contributed by atoms with Crippen molar-refractivity contribution in [2.75, 3.05) is 12.4 Å². The van der Waals surface area contributed by atoms with Crippen molar-refractivity contribution in [2.24, 2.45) is 10.7 Å². The number of hydrogen-bond donors (Lipinski definition) is 2. The molecule has 0 radical (unpaired) electrons. The molecule has 0 aliphatic carbocycles. The summed E-state index contributed by atoms with van der Waals surface area (Å²) in [6.45, 7) is 0.516. The first-order valence-electron chi connectivity index (χ1n) is 6.13. The van der Waals surface area contributed by atoms with Gasteiger partial charge in [0.05, 0.1) is 19.3 Å². The third-order valence-corrected chi connectivity index (χ3v) is 2.93. The van der Waals surface area contributed by atoms with Crippen molar-refractivity contribution in [3.05, 3.63) is 59.1 Å². The van der Waals surface area contributed by atoms with Gasteiger partial charge in [-0.2, -0.15) is 0 Å². The number of nitrogens with one attached hydrogen (secondary N) is 1. The number of benzene rings is 2. The van der Waals surface area contributed by atoms with Crippen LogP contribution in [0.1, 0.15) is 5.56 Å². The Morgan fingerprint density at radius 2 is 2.00 bits per heavy atom. The van der Waals surface area contributed by atoms with Crippen LogP contribution in [0.2, 0.25) is 5.02 Å². The molecule has 2 aromatic rings. The molecule has 104 valence electrons. The van der Waals surface area contributed by atoms with Gasteiger partial charge in [0.1, 0.15) is 5.75 Å². The fraction of sp³-hybridized carbons (Fsp3) is 0.133. The highest BCUT2D eigenvalue weighted by atomic mass is 35.5. The maximum atomic E-state index is 5.95. The van der Waals surface area contributed by atoms with Crippen LogP contribution >= 0.6 is 11.6 Å². The van der Waals surface area contributed by atoms with E-state index in [-0.39, 0.29) is 0 Å². The number of aliphatic imine (C=N–C) groups is 1. The van der Waals surface area contributed by atoms with Crippen LogP contribution < -0.4 is 15.8 Å². The molecule has 0 aromatic heterocycles. The van der Waals surface area contributed by atoms with Crippen molar-refractivity contribution >= 4 is 23.2 Å². The molecular formula is C15H16ClN3O. The first-order valence-corrected chi connectivity index (χ1v) is 6.51. The monoisotopic (exact) mass is 289 g/mol. The lowest BCUT2D eigenvalue weighted by Crippen LogP contribution is -2.23. The molecule has 20 heavy (non-hydrogen) atoms. The van der Waals surface area contributed by atoms with Crippen LogP contribution in [0, 0.1) is 0 Å². The number of nitrogens with two attached hydrogens (primary N) is 1. The van der Waals surface area contributed by atoms with Crippen LogP contribution in [0.5, 0.6) is 5.75 Å². The van der Waals surface area contributed by atoms with Gasteiger partial charge in [-0.15, -0.1) is 0 Å². The number of hydrogen-bond acceptors (Lipinski definition) is 2. The number of anilines is 1. The molecule has 0 aliphatic rings. The molecule has 4 nitrogen and oxygen atoms in total. The second kappa shape index (κ2) is 6.82. The smallest absolute Gasteiger partial charge is 0.193 e. The second-order valence-electron chi connectivity index (χ2n) is 4.16. The van der Waals surface area contributed by atoms with Gasteiger partial charge in [0.25, 0.3) is 0 Å². The number of methoxy groups -OCH3 is 1. The minimum absolute atomic E-state index is 0.314. The molecule has 0 heterocycles. The predicted molar refractivity (Wildman–Crippen MR) is 83.4 cm³/mol. The first-order chi connectivity index (χ1) is 9.69. The zero-order valence-corrected chi connectivity index (χ0v) is 11.9. The summed E-state index contributed by atoms with van der Waals surface area (Å²) in [5, 5.41) is 3.59. The molecule has 0 saturated carbocycles. The van der Waals surface area contributed by atoms with Crippen molar-refractivity contribution in [1.29, 1.82) is 0 Å². The number of rotatable bonds is 4. The van der Waals surface area contributed by atoms with Crippen LogP contribution in [0.25, 0.3) is 0 Å². The summed E-state index contributed by atoms with van der Waals surface area (Å²) in [5.74, 6) is 0.974. The average Bonchev–Trinajstić information content (AvgIpc) is 2.46. The molecule has 0 spiro atoms. The fourth-order valence-electron chi connectivity index (χ4n) is 1.72. The Kier molecular flexibility index (Phi) is 4.85. The third-order valence-electron chi connectivity index (χ3n) is 2.70. The van der Waals surface area contributed by atoms with E-state index in [0.29, 0.717) is 29.0 Å². The molecule has 2 rings (SSSR count). The van der Waals surface area contributed by atoms with Gasteiger partial charge in [0.2, 0.25) is 0 Å². The van der Waals surface area contributed by atoms with E-state index in [1.807, 2.05) is 30.3 Å². The molecule has 0 atom stereocenters. The Labute approximate surface area is 123 Å². The van der Waals surface area contributed by atoms with Gasteiger partial charge in [-0.25, -0.2) is 4.99 Å². The molecule has 0 fully saturated rings. The van der Waals surface area contributed by atoms with Crippen molar-refractivity contribution < 1.29 is 4.74 Å². The number of halogens is 1. The Bertz CT molecular complexity index is 599. The van der Waals surface area contributed by atoms with E-state index in [1.165, 1.54) is 0 Å². The molecule has 2 aromatic carbocycles. The molecule has 3 N–H and O–H groups in total. The highest BCUT2D eigenvalue weighted by molar-refractivity contribution is 6.31. The zero-order valence-electron chi connectivity index (χ0n) is 11.1. The van der Waals surface area contributed by atoms with E-state index in [0.717, 1.165) is 5.56 Å². The summed E-state index contributed by atoms with van der Waals surface area (Å²) in [6.07, 6.45) is 0. The van der Waals surface area contributed by atoms with Gasteiger partial charge < -0.3 is 15.8 Å². The van der Waals surface area contributed by atoms with Crippen LogP contribution in [0.3, 0.4) is 0 Å². The summed E-state index contributed by atoms with van der Waals surface area (Å²) in [4.78, 5) is 4.28. The topological polar surface area (TPSA) is 59.6 Å². The highest BCUT2D eigenvalue weighted by Gasteiger charge is 2.04. The van der Waals surface area contributed by atoms with Gasteiger partial charge in [-0.05, 0) is 23.8 Å². The van der Waals surface area contributed by atoms with Crippen molar-refractivity contribution in [3.8, 4) is 5.75 Å². The van der Waals surface area contributed by atoms with Crippen LogP contribution in [-0.4, -0.2) is 13.1 Å². The number of guanidine groups is 1. The van der Waals surface area contributed by atoms with E-state index in [4.69, 9.17) is 22.1 Å². The van der Waals surface area contributed by atoms with Gasteiger partial charge in [0.15, 0.2) is 5.96 Å². The first kappa shape index (κ1) is 14.2. The van der Waals surface area contributed by atoms with E-state index in [9.17, 15) is 0 Å². The Hall–Kier alpha value is -2.20. The normalized spacial score (nSPS) is 11.2. The van der Waals surface area contributed by atoms with Crippen LogP contribution in [0.4, 0.5) is 5.69 Å². The molecule has 5 heteroatoms. The van der Waals surface area contributed by atoms with Crippen molar-refractivity contribution in [2.45, 2.75) is 6.54 Å². The Balaban J connectivity index is 2.07. The van der Waals surface area contributed by atoms with Gasteiger partial charge in [-0.1, -0.05) is 41.9 Å². The van der Waals surface area contributed by atoms with Crippen LogP contribution in [0.15, 0.2) is 53.5 Å². The van der Waals surface area contributed by atoms with Crippen LogP contribution in [-0.2, 0) is 6.54 Å². The minimum atomic E-state index is 0.314. The molecule has 0 unspecified atom stereocenters. The molecular weight excluding hydrogens is 274 g/mol. The molecule has 0 saturated heterocycles. The fourth-order valence-corrected chi connectivity index (χ4v) is 1.89. The quantitative estimate of drug-likeness (QED) is 0.671. The summed E-state index contributed by atoms with van der Waals surface area (Å²) < 4.78 is 5.23. The minimum Gasteiger partial charge on any atom is -0.495 e. The molecule has 0 bridgehead atoms. The van der Waals surface area contributed by atoms with E-state index in [1.54, 1.807) is 25.3 Å². The zero-order chi connectivity index (χ0) is 14.4. The third kappa shape index (κ3) is 3.90. The molecule has 0 aliphatic heterocycles. The summed E-state index contributed by atoms with van der Waals surface area (Å²) in [7, 11) is 1.59.